The predicted octanol–water partition coefficient (Wildman–Crippen LogP) is 2.26. The van der Waals surface area contributed by atoms with E-state index >= 15 is 0 Å². The molecule has 2 heteroatoms. The van der Waals surface area contributed by atoms with E-state index in [1.165, 1.54) is 0 Å². The van der Waals surface area contributed by atoms with E-state index in [1.807, 2.05) is 26.1 Å². The Balaban J connectivity index is 2.62. The summed E-state index contributed by atoms with van der Waals surface area (Å²) in [4.78, 5) is 0. The van der Waals surface area contributed by atoms with Crippen molar-refractivity contribution in [3.8, 4) is 12.3 Å². The molecule has 0 amide bonds. The number of rotatable bonds is 4. The van der Waals surface area contributed by atoms with E-state index in [4.69, 9.17) is 10.8 Å². The van der Waals surface area contributed by atoms with Crippen LogP contribution in [0, 0.1) is 19.3 Å². The van der Waals surface area contributed by atoms with Crippen molar-refractivity contribution in [3.05, 3.63) is 23.7 Å². The number of nitrogens with one attached hydrogen (secondary N) is 1. The molecule has 0 aliphatic heterocycles. The number of furan rings is 1. The molecule has 0 spiro atoms. The van der Waals surface area contributed by atoms with Crippen molar-refractivity contribution >= 4 is 0 Å². The van der Waals surface area contributed by atoms with Crippen molar-refractivity contribution in [3.63, 3.8) is 0 Å². The molecule has 1 unspecified atom stereocenters. The normalized spacial score (nSPS) is 12.4. The Labute approximate surface area is 79.3 Å². The summed E-state index contributed by atoms with van der Waals surface area (Å²) in [5, 5.41) is 3.18. The molecule has 1 atom stereocenters. The van der Waals surface area contributed by atoms with Crippen LogP contribution in [0.15, 0.2) is 16.5 Å². The Morgan fingerprint density at radius 3 is 2.85 bits per heavy atom. The van der Waals surface area contributed by atoms with Crippen LogP contribution in [-0.4, -0.2) is 7.05 Å². The third-order valence-electron chi connectivity index (χ3n) is 2.03. The molecule has 0 radical (unpaired) electrons. The zero-order valence-corrected chi connectivity index (χ0v) is 8.13. The van der Waals surface area contributed by atoms with E-state index in [9.17, 15) is 0 Å². The van der Waals surface area contributed by atoms with Gasteiger partial charge in [-0.3, -0.25) is 0 Å². The van der Waals surface area contributed by atoms with E-state index in [1.54, 1.807) is 0 Å². The van der Waals surface area contributed by atoms with Gasteiger partial charge in [0.1, 0.15) is 11.5 Å². The smallest absolute Gasteiger partial charge is 0.121 e. The molecule has 0 saturated carbocycles. The van der Waals surface area contributed by atoms with Crippen LogP contribution in [0.1, 0.15) is 30.4 Å². The highest BCUT2D eigenvalue weighted by Gasteiger charge is 2.11. The van der Waals surface area contributed by atoms with Gasteiger partial charge in [0, 0.05) is 6.42 Å². The minimum atomic E-state index is 0.241. The summed E-state index contributed by atoms with van der Waals surface area (Å²) in [5.41, 5.74) is 0. The maximum atomic E-state index is 5.50. The molecule has 1 N–H and O–H groups in total. The molecule has 1 aromatic rings. The molecule has 1 aromatic heterocycles. The first-order valence-corrected chi connectivity index (χ1v) is 4.45. The zero-order valence-electron chi connectivity index (χ0n) is 8.13. The lowest BCUT2D eigenvalue weighted by molar-refractivity contribution is 0.404. The molecule has 13 heavy (non-hydrogen) atoms. The molecule has 2 nitrogen and oxygen atoms in total. The van der Waals surface area contributed by atoms with Gasteiger partial charge in [-0.15, -0.1) is 12.3 Å². The Hall–Kier alpha value is -1.20. The first-order valence-electron chi connectivity index (χ1n) is 4.45. The van der Waals surface area contributed by atoms with Crippen LogP contribution in [0.3, 0.4) is 0 Å². The predicted molar refractivity (Wildman–Crippen MR) is 53.3 cm³/mol. The largest absolute Gasteiger partial charge is 0.465 e. The van der Waals surface area contributed by atoms with Crippen molar-refractivity contribution < 1.29 is 4.42 Å². The van der Waals surface area contributed by atoms with E-state index in [0.29, 0.717) is 0 Å². The van der Waals surface area contributed by atoms with E-state index in [-0.39, 0.29) is 6.04 Å². The van der Waals surface area contributed by atoms with Crippen molar-refractivity contribution in [1.29, 1.82) is 0 Å². The highest BCUT2D eigenvalue weighted by Crippen LogP contribution is 2.19. The van der Waals surface area contributed by atoms with Gasteiger partial charge in [-0.05, 0) is 32.5 Å². The average Bonchev–Trinajstić information content (AvgIpc) is 2.54. The van der Waals surface area contributed by atoms with Crippen LogP contribution >= 0.6 is 0 Å². The van der Waals surface area contributed by atoms with Crippen LogP contribution in [-0.2, 0) is 0 Å². The summed E-state index contributed by atoms with van der Waals surface area (Å²) in [5.74, 6) is 4.54. The highest BCUT2D eigenvalue weighted by molar-refractivity contribution is 5.10. The maximum Gasteiger partial charge on any atom is 0.121 e. The van der Waals surface area contributed by atoms with Gasteiger partial charge in [0.15, 0.2) is 0 Å². The summed E-state index contributed by atoms with van der Waals surface area (Å²) < 4.78 is 5.50. The Morgan fingerprint density at radius 1 is 1.62 bits per heavy atom. The first kappa shape index (κ1) is 9.88. The number of hydrogen-bond acceptors (Lipinski definition) is 2. The number of terminal acetylenes is 1. The molecule has 0 aromatic carbocycles. The topological polar surface area (TPSA) is 25.2 Å². The molecule has 70 valence electrons. The monoisotopic (exact) mass is 177 g/mol. The summed E-state index contributed by atoms with van der Waals surface area (Å²) >= 11 is 0. The van der Waals surface area contributed by atoms with Crippen LogP contribution in [0.4, 0.5) is 0 Å². The van der Waals surface area contributed by atoms with Crippen molar-refractivity contribution in [2.24, 2.45) is 0 Å². The molecule has 0 fully saturated rings. The maximum absolute atomic E-state index is 5.50. The van der Waals surface area contributed by atoms with Crippen LogP contribution in [0.5, 0.6) is 0 Å². The molecular formula is C11H15NO. The molecule has 0 saturated heterocycles. The second-order valence-corrected chi connectivity index (χ2v) is 3.03. The quantitative estimate of drug-likeness (QED) is 0.714. The van der Waals surface area contributed by atoms with Crippen molar-refractivity contribution in [2.45, 2.75) is 25.8 Å². The van der Waals surface area contributed by atoms with Gasteiger partial charge in [-0.25, -0.2) is 0 Å². The van der Waals surface area contributed by atoms with E-state index < -0.39 is 0 Å². The van der Waals surface area contributed by atoms with Gasteiger partial charge in [0.25, 0.3) is 0 Å². The van der Waals surface area contributed by atoms with E-state index in [2.05, 4.69) is 11.2 Å². The summed E-state index contributed by atoms with van der Waals surface area (Å²) in [6.45, 7) is 1.94. The van der Waals surface area contributed by atoms with Crippen molar-refractivity contribution in [2.75, 3.05) is 7.05 Å². The van der Waals surface area contributed by atoms with E-state index in [0.717, 1.165) is 24.4 Å². The fraction of sp³-hybridized carbons (Fsp3) is 0.455. The summed E-state index contributed by atoms with van der Waals surface area (Å²) in [6.07, 6.45) is 6.89. The SMILES string of the molecule is C#CCCC(NC)c1ccc(C)o1. The van der Waals surface area contributed by atoms with Gasteiger partial charge < -0.3 is 9.73 Å². The second kappa shape index (κ2) is 4.74. The summed E-state index contributed by atoms with van der Waals surface area (Å²) in [6, 6.07) is 4.20. The van der Waals surface area contributed by atoms with Gasteiger partial charge in [0.05, 0.1) is 6.04 Å². The van der Waals surface area contributed by atoms with Crippen molar-refractivity contribution in [1.82, 2.24) is 5.32 Å². The minimum Gasteiger partial charge on any atom is -0.465 e. The summed E-state index contributed by atoms with van der Waals surface area (Å²) in [7, 11) is 1.92. The minimum absolute atomic E-state index is 0.241. The fourth-order valence-corrected chi connectivity index (χ4v) is 1.30. The third kappa shape index (κ3) is 2.64. The van der Waals surface area contributed by atoms with Gasteiger partial charge in [-0.1, -0.05) is 0 Å². The Bertz CT molecular complexity index is 295. The Kier molecular flexibility index (Phi) is 3.60. The van der Waals surface area contributed by atoms with Crippen LogP contribution in [0.2, 0.25) is 0 Å². The van der Waals surface area contributed by atoms with Gasteiger partial charge >= 0.3 is 0 Å². The van der Waals surface area contributed by atoms with Gasteiger partial charge in [-0.2, -0.15) is 0 Å². The molecule has 0 aliphatic rings. The van der Waals surface area contributed by atoms with Gasteiger partial charge in [0.2, 0.25) is 0 Å². The number of aryl methyl sites for hydroxylation is 1. The first-order chi connectivity index (χ1) is 6.27. The molecule has 0 bridgehead atoms. The highest BCUT2D eigenvalue weighted by atomic mass is 16.3. The lowest BCUT2D eigenvalue weighted by Crippen LogP contribution is -2.15. The van der Waals surface area contributed by atoms with Crippen LogP contribution in [0.25, 0.3) is 0 Å². The molecule has 1 rings (SSSR count). The molecule has 0 aliphatic carbocycles. The lowest BCUT2D eigenvalue weighted by atomic mass is 10.1. The second-order valence-electron chi connectivity index (χ2n) is 3.03. The Morgan fingerprint density at radius 2 is 2.38 bits per heavy atom. The fourth-order valence-electron chi connectivity index (χ4n) is 1.30. The molecule has 1 heterocycles. The standard InChI is InChI=1S/C11H15NO/c1-4-5-6-10(12-3)11-8-7-9(2)13-11/h1,7-8,10,12H,5-6H2,2-3H3. The zero-order chi connectivity index (χ0) is 9.68. The van der Waals surface area contributed by atoms with Crippen LogP contribution < -0.4 is 5.32 Å². The lowest BCUT2D eigenvalue weighted by Gasteiger charge is -2.11. The molecular weight excluding hydrogens is 162 g/mol. The number of hydrogen-bond donors (Lipinski definition) is 1. The third-order valence-corrected chi connectivity index (χ3v) is 2.03. The average molecular weight is 177 g/mol.